The maximum atomic E-state index is 11.9. The number of ketones is 1. The highest BCUT2D eigenvalue weighted by molar-refractivity contribution is 6.08. The second-order valence-electron chi connectivity index (χ2n) is 3.99. The Morgan fingerprint density at radius 3 is 2.61 bits per heavy atom. The van der Waals surface area contributed by atoms with Crippen molar-refractivity contribution in [3.63, 3.8) is 0 Å². The third-order valence-electron chi connectivity index (χ3n) is 2.49. The summed E-state index contributed by atoms with van der Waals surface area (Å²) in [5.41, 5.74) is 2.08. The summed E-state index contributed by atoms with van der Waals surface area (Å²) < 4.78 is 0. The number of aryl methyl sites for hydroxylation is 1. The first-order valence-corrected chi connectivity index (χ1v) is 5.51. The van der Waals surface area contributed by atoms with Gasteiger partial charge in [-0.1, -0.05) is 12.1 Å². The smallest absolute Gasteiger partial charge is 0.276 e. The van der Waals surface area contributed by atoms with Crippen LogP contribution in [0.1, 0.15) is 33.5 Å². The van der Waals surface area contributed by atoms with Crippen LogP contribution in [0.4, 0.5) is 5.69 Å². The molecule has 92 valence electrons. The number of aromatic nitrogens is 2. The first-order chi connectivity index (χ1) is 8.58. The van der Waals surface area contributed by atoms with Crippen molar-refractivity contribution in [2.24, 2.45) is 0 Å². The normalized spacial score (nSPS) is 10.1. The van der Waals surface area contributed by atoms with Crippen molar-refractivity contribution >= 4 is 17.4 Å². The molecule has 2 rings (SSSR count). The first kappa shape index (κ1) is 12.0. The summed E-state index contributed by atoms with van der Waals surface area (Å²) in [7, 11) is 0. The fourth-order valence-corrected chi connectivity index (χ4v) is 1.62. The summed E-state index contributed by atoms with van der Waals surface area (Å²) in [5.74, 6) is -0.433. The highest BCUT2D eigenvalue weighted by atomic mass is 16.2. The van der Waals surface area contributed by atoms with Crippen LogP contribution in [0, 0.1) is 6.92 Å². The number of aromatic amines is 1. The summed E-state index contributed by atoms with van der Waals surface area (Å²) in [6.45, 7) is 3.27. The molecule has 0 atom stereocenters. The van der Waals surface area contributed by atoms with Crippen molar-refractivity contribution in [2.45, 2.75) is 13.8 Å². The average Bonchev–Trinajstić information content (AvgIpc) is 2.76. The molecule has 2 N–H and O–H groups in total. The largest absolute Gasteiger partial charge is 0.320 e. The Morgan fingerprint density at radius 2 is 2.00 bits per heavy atom. The molecule has 0 aliphatic heterocycles. The van der Waals surface area contributed by atoms with Crippen LogP contribution in [-0.4, -0.2) is 21.9 Å². The Balaban J connectivity index is 2.24. The van der Waals surface area contributed by atoms with E-state index in [1.165, 1.54) is 6.92 Å². The number of amides is 1. The lowest BCUT2D eigenvalue weighted by atomic mass is 10.1. The Bertz CT molecular complexity index is 602. The highest BCUT2D eigenvalue weighted by Crippen LogP contribution is 2.16. The number of hydrogen-bond donors (Lipinski definition) is 2. The van der Waals surface area contributed by atoms with Gasteiger partial charge in [-0.25, -0.2) is 0 Å². The Morgan fingerprint density at radius 1 is 1.28 bits per heavy atom. The van der Waals surface area contributed by atoms with Gasteiger partial charge in [-0.15, -0.1) is 0 Å². The molecule has 5 heteroatoms. The standard InChI is InChI=1S/C13H13N3O2/c1-8-7-12(16-15-8)13(18)14-11-6-4-3-5-10(11)9(2)17/h3-7H,1-2H3,(H,14,18)(H,15,16). The quantitative estimate of drug-likeness (QED) is 0.811. The molecule has 1 aromatic heterocycles. The number of nitrogens with one attached hydrogen (secondary N) is 2. The molecule has 0 unspecified atom stereocenters. The van der Waals surface area contributed by atoms with Crippen LogP contribution >= 0.6 is 0 Å². The zero-order chi connectivity index (χ0) is 13.1. The number of para-hydroxylation sites is 1. The molecule has 0 bridgehead atoms. The predicted molar refractivity (Wildman–Crippen MR) is 67.7 cm³/mol. The van der Waals surface area contributed by atoms with Crippen molar-refractivity contribution in [3.8, 4) is 0 Å². The average molecular weight is 243 g/mol. The zero-order valence-electron chi connectivity index (χ0n) is 10.2. The summed E-state index contributed by atoms with van der Waals surface area (Å²) in [4.78, 5) is 23.3. The van der Waals surface area contributed by atoms with Crippen LogP contribution < -0.4 is 5.32 Å². The van der Waals surface area contributed by atoms with E-state index in [9.17, 15) is 9.59 Å². The van der Waals surface area contributed by atoms with Crippen LogP contribution in [0.5, 0.6) is 0 Å². The Labute approximate surface area is 104 Å². The summed E-state index contributed by atoms with van der Waals surface area (Å²) in [6.07, 6.45) is 0. The number of nitrogens with zero attached hydrogens (tertiary/aromatic N) is 1. The van der Waals surface area contributed by atoms with Crippen molar-refractivity contribution in [3.05, 3.63) is 47.3 Å². The molecule has 0 aliphatic carbocycles. The molecule has 1 aromatic carbocycles. The highest BCUT2D eigenvalue weighted by Gasteiger charge is 2.13. The number of benzene rings is 1. The van der Waals surface area contributed by atoms with Crippen molar-refractivity contribution in [2.75, 3.05) is 5.32 Å². The van der Waals surface area contributed by atoms with Gasteiger partial charge in [-0.05, 0) is 32.0 Å². The molecule has 2 aromatic rings. The molecule has 1 amide bonds. The fourth-order valence-electron chi connectivity index (χ4n) is 1.62. The van der Waals surface area contributed by atoms with E-state index >= 15 is 0 Å². The monoisotopic (exact) mass is 243 g/mol. The van der Waals surface area contributed by atoms with Crippen LogP contribution in [-0.2, 0) is 0 Å². The van der Waals surface area contributed by atoms with Gasteiger partial charge in [0.05, 0.1) is 5.69 Å². The van der Waals surface area contributed by atoms with Gasteiger partial charge in [-0.3, -0.25) is 14.7 Å². The van der Waals surface area contributed by atoms with E-state index < -0.39 is 0 Å². The lowest BCUT2D eigenvalue weighted by molar-refractivity contribution is 0.101. The van der Waals surface area contributed by atoms with Crippen molar-refractivity contribution < 1.29 is 9.59 Å². The lowest BCUT2D eigenvalue weighted by Crippen LogP contribution is -2.14. The first-order valence-electron chi connectivity index (χ1n) is 5.51. The van der Waals surface area contributed by atoms with Crippen LogP contribution in [0.25, 0.3) is 0 Å². The van der Waals surface area contributed by atoms with Crippen LogP contribution in [0.2, 0.25) is 0 Å². The van der Waals surface area contributed by atoms with Crippen molar-refractivity contribution in [1.82, 2.24) is 10.2 Å². The second kappa shape index (κ2) is 4.83. The van der Waals surface area contributed by atoms with Gasteiger partial charge in [0.25, 0.3) is 5.91 Å². The molecule has 0 saturated heterocycles. The van der Waals surface area contributed by atoms with E-state index in [-0.39, 0.29) is 11.7 Å². The Kier molecular flexibility index (Phi) is 3.23. The minimum Gasteiger partial charge on any atom is -0.320 e. The van der Waals surface area contributed by atoms with Gasteiger partial charge in [0.15, 0.2) is 11.5 Å². The van der Waals surface area contributed by atoms with E-state index in [0.29, 0.717) is 16.9 Å². The van der Waals surface area contributed by atoms with Gasteiger partial charge < -0.3 is 5.32 Å². The number of hydrogen-bond acceptors (Lipinski definition) is 3. The maximum absolute atomic E-state index is 11.9. The summed E-state index contributed by atoms with van der Waals surface area (Å²) in [6, 6.07) is 8.52. The summed E-state index contributed by atoms with van der Waals surface area (Å²) >= 11 is 0. The summed E-state index contributed by atoms with van der Waals surface area (Å²) in [5, 5.41) is 9.24. The van der Waals surface area contributed by atoms with Gasteiger partial charge in [0.1, 0.15) is 0 Å². The molecule has 5 nitrogen and oxygen atoms in total. The predicted octanol–water partition coefficient (Wildman–Crippen LogP) is 2.17. The molecular weight excluding hydrogens is 230 g/mol. The van der Waals surface area contributed by atoms with Gasteiger partial charge in [-0.2, -0.15) is 5.10 Å². The molecule has 0 fully saturated rings. The van der Waals surface area contributed by atoms with E-state index in [1.54, 1.807) is 30.3 Å². The molecule has 0 spiro atoms. The molecule has 18 heavy (non-hydrogen) atoms. The number of carbonyl (C=O) groups is 2. The van der Waals surface area contributed by atoms with E-state index in [4.69, 9.17) is 0 Å². The number of rotatable bonds is 3. The fraction of sp³-hybridized carbons (Fsp3) is 0.154. The van der Waals surface area contributed by atoms with Crippen LogP contribution in [0.15, 0.2) is 30.3 Å². The maximum Gasteiger partial charge on any atom is 0.276 e. The van der Waals surface area contributed by atoms with Crippen LogP contribution in [0.3, 0.4) is 0 Å². The Hall–Kier alpha value is -2.43. The van der Waals surface area contributed by atoms with Crippen molar-refractivity contribution in [1.29, 1.82) is 0 Å². The molecule has 0 saturated carbocycles. The molecule has 0 aliphatic rings. The number of anilines is 1. The minimum absolute atomic E-state index is 0.0934. The van der Waals surface area contributed by atoms with Gasteiger partial charge in [0, 0.05) is 11.3 Å². The van der Waals surface area contributed by atoms with Gasteiger partial charge >= 0.3 is 0 Å². The molecule has 0 radical (unpaired) electrons. The second-order valence-corrected chi connectivity index (χ2v) is 3.99. The molecule has 1 heterocycles. The minimum atomic E-state index is -0.340. The molecular formula is C13H13N3O2. The topological polar surface area (TPSA) is 74.8 Å². The number of Topliss-reactive ketones (excluding diaryl/α,β-unsaturated/α-hetero) is 1. The number of carbonyl (C=O) groups excluding carboxylic acids is 2. The number of H-pyrrole nitrogens is 1. The zero-order valence-corrected chi connectivity index (χ0v) is 10.2. The van der Waals surface area contributed by atoms with E-state index in [1.807, 2.05) is 6.92 Å². The van der Waals surface area contributed by atoms with E-state index in [2.05, 4.69) is 15.5 Å². The lowest BCUT2D eigenvalue weighted by Gasteiger charge is -2.07. The third-order valence-corrected chi connectivity index (χ3v) is 2.49. The van der Waals surface area contributed by atoms with E-state index in [0.717, 1.165) is 5.69 Å². The SMILES string of the molecule is CC(=O)c1ccccc1NC(=O)c1cc(C)[nH]n1. The third kappa shape index (κ3) is 2.45. The van der Waals surface area contributed by atoms with Gasteiger partial charge in [0.2, 0.25) is 0 Å².